The molecule has 0 unspecified atom stereocenters. The lowest BCUT2D eigenvalue weighted by Gasteiger charge is -2.09. The van der Waals surface area contributed by atoms with Gasteiger partial charge in [-0.2, -0.15) is 0 Å². The van der Waals surface area contributed by atoms with Crippen molar-refractivity contribution < 1.29 is 19.4 Å². The van der Waals surface area contributed by atoms with Gasteiger partial charge in [0.15, 0.2) is 5.17 Å². The molecule has 0 atom stereocenters. The Labute approximate surface area is 182 Å². The quantitative estimate of drug-likeness (QED) is 0.558. The molecule has 1 aliphatic heterocycles. The number of amidine groups is 1. The Morgan fingerprint density at radius 3 is 2.54 bits per heavy atom. The molecule has 1 heterocycles. The number of carboxylic acid groups (broad SMARTS) is 1. The molecule has 6 nitrogen and oxygen atoms in total. The first-order valence-electron chi connectivity index (χ1n) is 7.93. The van der Waals surface area contributed by atoms with Crippen LogP contribution in [0.5, 0.6) is 5.75 Å². The lowest BCUT2D eigenvalue weighted by atomic mass is 10.2. The Balaban J connectivity index is 1.93. The van der Waals surface area contributed by atoms with E-state index in [1.54, 1.807) is 32.4 Å². The van der Waals surface area contributed by atoms with Crippen molar-refractivity contribution in [1.29, 1.82) is 0 Å². The maximum absolute atomic E-state index is 12.6. The van der Waals surface area contributed by atoms with Crippen molar-refractivity contribution in [3.05, 3.63) is 61.4 Å². The number of aliphatic imine (C=N–C) groups is 1. The summed E-state index contributed by atoms with van der Waals surface area (Å²) in [6.45, 7) is 0. The standard InChI is InChI=1S/C19H14Br2N2O4S/c1-23-17(24)15(8-11-7-12(20)9-14(21)16(11)27-2)28-19(23)22-13-5-3-10(4-6-13)18(25)26/h3-9H,1-2H3,(H,25,26)/b15-8-,22-19?. The predicted octanol–water partition coefficient (Wildman–Crippen LogP) is 5.15. The summed E-state index contributed by atoms with van der Waals surface area (Å²) in [7, 11) is 3.22. The number of thioether (sulfide) groups is 1. The van der Waals surface area contributed by atoms with Gasteiger partial charge in [0.2, 0.25) is 0 Å². The van der Waals surface area contributed by atoms with Gasteiger partial charge >= 0.3 is 5.97 Å². The average molecular weight is 526 g/mol. The number of methoxy groups -OCH3 is 1. The third-order valence-electron chi connectivity index (χ3n) is 3.87. The number of carbonyl (C=O) groups excluding carboxylic acids is 1. The molecule has 2 aromatic rings. The van der Waals surface area contributed by atoms with Crippen LogP contribution in [0.3, 0.4) is 0 Å². The van der Waals surface area contributed by atoms with Crippen molar-refractivity contribution >= 4 is 72.4 Å². The van der Waals surface area contributed by atoms with Crippen LogP contribution in [0.4, 0.5) is 5.69 Å². The van der Waals surface area contributed by atoms with Gasteiger partial charge in [0.1, 0.15) is 5.75 Å². The van der Waals surface area contributed by atoms with Gasteiger partial charge in [0.05, 0.1) is 27.7 Å². The highest BCUT2D eigenvalue weighted by molar-refractivity contribution is 9.11. The molecule has 0 aliphatic carbocycles. The minimum absolute atomic E-state index is 0.177. The number of amides is 1. The van der Waals surface area contributed by atoms with E-state index in [4.69, 9.17) is 9.84 Å². The normalized spacial score (nSPS) is 16.9. The fraction of sp³-hybridized carbons (Fsp3) is 0.105. The summed E-state index contributed by atoms with van der Waals surface area (Å²) >= 11 is 8.14. The van der Waals surface area contributed by atoms with Crippen LogP contribution >= 0.6 is 43.6 Å². The smallest absolute Gasteiger partial charge is 0.335 e. The number of halogens is 2. The Bertz CT molecular complexity index is 1020. The Morgan fingerprint density at radius 1 is 1.25 bits per heavy atom. The second kappa shape index (κ2) is 8.50. The third-order valence-corrected chi connectivity index (χ3v) is 5.98. The van der Waals surface area contributed by atoms with Crippen molar-refractivity contribution in [2.24, 2.45) is 4.99 Å². The maximum atomic E-state index is 12.6. The van der Waals surface area contributed by atoms with Gasteiger partial charge in [-0.3, -0.25) is 9.69 Å². The van der Waals surface area contributed by atoms with Gasteiger partial charge in [-0.25, -0.2) is 9.79 Å². The number of nitrogens with zero attached hydrogens (tertiary/aromatic N) is 2. The molecule has 0 aromatic heterocycles. The topological polar surface area (TPSA) is 79.2 Å². The van der Waals surface area contributed by atoms with E-state index < -0.39 is 5.97 Å². The SMILES string of the molecule is COc1c(Br)cc(Br)cc1/C=C1\SC(=Nc2ccc(C(=O)O)cc2)N(C)C1=O. The van der Waals surface area contributed by atoms with E-state index in [2.05, 4.69) is 36.9 Å². The van der Waals surface area contributed by atoms with Gasteiger partial charge in [-0.15, -0.1) is 0 Å². The fourth-order valence-electron chi connectivity index (χ4n) is 2.48. The largest absolute Gasteiger partial charge is 0.495 e. The molecule has 1 amide bonds. The summed E-state index contributed by atoms with van der Waals surface area (Å²) < 4.78 is 7.05. The van der Waals surface area contributed by atoms with E-state index in [9.17, 15) is 9.59 Å². The van der Waals surface area contributed by atoms with Crippen LogP contribution in [-0.2, 0) is 4.79 Å². The monoisotopic (exact) mass is 524 g/mol. The van der Waals surface area contributed by atoms with E-state index in [0.717, 1.165) is 14.5 Å². The predicted molar refractivity (Wildman–Crippen MR) is 117 cm³/mol. The zero-order chi connectivity index (χ0) is 20.4. The van der Waals surface area contributed by atoms with E-state index >= 15 is 0 Å². The number of carboxylic acids is 1. The van der Waals surface area contributed by atoms with Gasteiger partial charge in [0, 0.05) is 17.1 Å². The van der Waals surface area contributed by atoms with Crippen LogP contribution in [0, 0.1) is 0 Å². The second-order valence-corrected chi connectivity index (χ2v) is 8.51. The molecule has 1 saturated heterocycles. The Hall–Kier alpha value is -2.10. The second-order valence-electron chi connectivity index (χ2n) is 5.73. The van der Waals surface area contributed by atoms with Crippen LogP contribution in [-0.4, -0.2) is 41.2 Å². The Morgan fingerprint density at radius 2 is 1.93 bits per heavy atom. The number of likely N-dealkylation sites (N-methyl/N-ethyl adjacent to an activating group) is 1. The molecule has 0 radical (unpaired) electrons. The summed E-state index contributed by atoms with van der Waals surface area (Å²) in [5, 5.41) is 9.48. The molecule has 0 spiro atoms. The molecular formula is C19H14Br2N2O4S. The molecule has 0 saturated carbocycles. The Kier molecular flexibility index (Phi) is 6.26. The first kappa shape index (κ1) is 20.6. The first-order valence-corrected chi connectivity index (χ1v) is 10.3. The van der Waals surface area contributed by atoms with Crippen molar-refractivity contribution in [3.8, 4) is 5.75 Å². The van der Waals surface area contributed by atoms with Crippen molar-refractivity contribution in [2.75, 3.05) is 14.2 Å². The molecule has 9 heteroatoms. The van der Waals surface area contributed by atoms with E-state index in [1.807, 2.05) is 12.1 Å². The molecule has 2 aromatic carbocycles. The zero-order valence-electron chi connectivity index (χ0n) is 14.8. The van der Waals surface area contributed by atoms with Crippen molar-refractivity contribution in [1.82, 2.24) is 4.90 Å². The fourth-order valence-corrected chi connectivity index (χ4v) is 4.88. The maximum Gasteiger partial charge on any atom is 0.335 e. The summed E-state index contributed by atoms with van der Waals surface area (Å²) in [6.07, 6.45) is 1.76. The van der Waals surface area contributed by atoms with Crippen LogP contribution in [0.15, 0.2) is 55.2 Å². The van der Waals surface area contributed by atoms with E-state index in [-0.39, 0.29) is 11.5 Å². The van der Waals surface area contributed by atoms with Crippen molar-refractivity contribution in [3.63, 3.8) is 0 Å². The summed E-state index contributed by atoms with van der Waals surface area (Å²) in [6, 6.07) is 9.89. The molecule has 1 N–H and O–H groups in total. The zero-order valence-corrected chi connectivity index (χ0v) is 18.8. The minimum atomic E-state index is -0.999. The highest BCUT2D eigenvalue weighted by atomic mass is 79.9. The first-order chi connectivity index (χ1) is 13.3. The number of rotatable bonds is 4. The highest BCUT2D eigenvalue weighted by Gasteiger charge is 2.30. The van der Waals surface area contributed by atoms with Crippen LogP contribution in [0.1, 0.15) is 15.9 Å². The number of ether oxygens (including phenoxy) is 1. The average Bonchev–Trinajstić information content (AvgIpc) is 2.90. The molecule has 0 bridgehead atoms. The van der Waals surface area contributed by atoms with E-state index in [1.165, 1.54) is 28.8 Å². The molecule has 1 aliphatic rings. The molecule has 1 fully saturated rings. The summed E-state index contributed by atoms with van der Waals surface area (Å²) in [4.78, 5) is 30.0. The van der Waals surface area contributed by atoms with Crippen LogP contribution < -0.4 is 4.74 Å². The lowest BCUT2D eigenvalue weighted by molar-refractivity contribution is -0.121. The van der Waals surface area contributed by atoms with Gasteiger partial charge in [-0.05, 0) is 70.2 Å². The molecule has 144 valence electrons. The van der Waals surface area contributed by atoms with Gasteiger partial charge in [-0.1, -0.05) is 15.9 Å². The van der Waals surface area contributed by atoms with Gasteiger partial charge < -0.3 is 9.84 Å². The van der Waals surface area contributed by atoms with Crippen molar-refractivity contribution in [2.45, 2.75) is 0 Å². The highest BCUT2D eigenvalue weighted by Crippen LogP contribution is 2.38. The number of hydrogen-bond acceptors (Lipinski definition) is 5. The third kappa shape index (κ3) is 4.31. The lowest BCUT2D eigenvalue weighted by Crippen LogP contribution is -2.23. The molecule has 3 rings (SSSR count). The number of benzene rings is 2. The molecule has 28 heavy (non-hydrogen) atoms. The molecular weight excluding hydrogens is 512 g/mol. The number of hydrogen-bond donors (Lipinski definition) is 1. The van der Waals surface area contributed by atoms with Gasteiger partial charge in [0.25, 0.3) is 5.91 Å². The van der Waals surface area contributed by atoms with E-state index in [0.29, 0.717) is 21.5 Å². The van der Waals surface area contributed by atoms with Crippen LogP contribution in [0.25, 0.3) is 6.08 Å². The number of aromatic carboxylic acids is 1. The summed E-state index contributed by atoms with van der Waals surface area (Å²) in [5.41, 5.74) is 1.50. The number of carbonyl (C=O) groups is 2. The van der Waals surface area contributed by atoms with Crippen LogP contribution in [0.2, 0.25) is 0 Å². The summed E-state index contributed by atoms with van der Waals surface area (Å²) in [5.74, 6) is -0.549. The minimum Gasteiger partial charge on any atom is -0.495 e.